The molecule has 2 N–H and O–H groups in total. The predicted octanol–water partition coefficient (Wildman–Crippen LogP) is 4.08. The van der Waals surface area contributed by atoms with Crippen molar-refractivity contribution in [3.8, 4) is 0 Å². The van der Waals surface area contributed by atoms with Gasteiger partial charge in [-0.15, -0.1) is 0 Å². The fraction of sp³-hybridized carbons (Fsp3) is 0.562. The Morgan fingerprint density at radius 1 is 1.30 bits per heavy atom. The first-order chi connectivity index (χ1) is 9.63. The largest absolute Gasteiger partial charge is 0.387 e. The van der Waals surface area contributed by atoms with E-state index in [0.717, 1.165) is 24.4 Å². The van der Waals surface area contributed by atoms with Crippen LogP contribution < -0.4 is 10.6 Å². The molecule has 0 atom stereocenters. The molecule has 0 bridgehead atoms. The molecule has 0 heterocycles. The van der Waals surface area contributed by atoms with Gasteiger partial charge in [-0.25, -0.2) is 0 Å². The van der Waals surface area contributed by atoms with Crippen molar-refractivity contribution >= 4 is 23.2 Å². The Morgan fingerprint density at radius 2 is 2.00 bits per heavy atom. The third-order valence-corrected chi connectivity index (χ3v) is 4.49. The summed E-state index contributed by atoms with van der Waals surface area (Å²) in [5, 5.41) is 6.77. The van der Waals surface area contributed by atoms with Gasteiger partial charge in [-0.3, -0.25) is 4.79 Å². The Kier molecular flexibility index (Phi) is 5.30. The molecule has 1 aromatic rings. The minimum Gasteiger partial charge on any atom is -0.387 e. The number of carbonyl (C=O) groups is 1. The van der Waals surface area contributed by atoms with E-state index in [2.05, 4.69) is 17.6 Å². The molecular weight excluding hydrogens is 272 g/mol. The van der Waals surface area contributed by atoms with E-state index in [0.29, 0.717) is 16.6 Å². The lowest BCUT2D eigenvalue weighted by atomic mass is 9.84. The summed E-state index contributed by atoms with van der Waals surface area (Å²) in [6, 6.07) is 5.65. The fourth-order valence-electron chi connectivity index (χ4n) is 2.90. The fourth-order valence-corrected chi connectivity index (χ4v) is 3.07. The first-order valence-corrected chi connectivity index (χ1v) is 7.80. The molecular formula is C16H23ClN2O. The van der Waals surface area contributed by atoms with E-state index in [9.17, 15) is 4.79 Å². The van der Waals surface area contributed by atoms with E-state index < -0.39 is 0 Å². The smallest absolute Gasteiger partial charge is 0.253 e. The lowest BCUT2D eigenvalue weighted by molar-refractivity contribution is 0.0922. The topological polar surface area (TPSA) is 41.1 Å². The number of rotatable bonds is 4. The van der Waals surface area contributed by atoms with Crippen LogP contribution in [0, 0.1) is 5.92 Å². The molecule has 0 aliphatic heterocycles. The Labute approximate surface area is 126 Å². The van der Waals surface area contributed by atoms with Crippen molar-refractivity contribution in [2.45, 2.75) is 45.1 Å². The second-order valence-electron chi connectivity index (χ2n) is 5.54. The van der Waals surface area contributed by atoms with E-state index in [1.54, 1.807) is 12.1 Å². The molecule has 1 fully saturated rings. The van der Waals surface area contributed by atoms with Crippen molar-refractivity contribution in [1.82, 2.24) is 5.32 Å². The van der Waals surface area contributed by atoms with Crippen molar-refractivity contribution in [1.29, 1.82) is 0 Å². The summed E-state index contributed by atoms with van der Waals surface area (Å²) < 4.78 is 0. The number of amides is 1. The van der Waals surface area contributed by atoms with Gasteiger partial charge in [-0.2, -0.15) is 0 Å². The number of nitrogens with one attached hydrogen (secondary N) is 2. The zero-order valence-electron chi connectivity index (χ0n) is 12.2. The van der Waals surface area contributed by atoms with Crippen molar-refractivity contribution in [2.24, 2.45) is 5.92 Å². The molecule has 110 valence electrons. The summed E-state index contributed by atoms with van der Waals surface area (Å²) in [5.41, 5.74) is 1.44. The number of carbonyl (C=O) groups excluding carboxylic acids is 1. The molecule has 1 aromatic carbocycles. The first-order valence-electron chi connectivity index (χ1n) is 7.42. The Hall–Kier alpha value is -1.22. The van der Waals surface area contributed by atoms with E-state index in [4.69, 9.17) is 11.6 Å². The number of benzene rings is 1. The van der Waals surface area contributed by atoms with E-state index >= 15 is 0 Å². The lowest BCUT2D eigenvalue weighted by Gasteiger charge is -2.28. The molecule has 20 heavy (non-hydrogen) atoms. The van der Waals surface area contributed by atoms with Crippen LogP contribution in [0.3, 0.4) is 0 Å². The summed E-state index contributed by atoms with van der Waals surface area (Å²) in [4.78, 5) is 12.4. The molecule has 0 saturated heterocycles. The van der Waals surface area contributed by atoms with Crippen molar-refractivity contribution in [3.05, 3.63) is 28.8 Å². The van der Waals surface area contributed by atoms with Gasteiger partial charge in [-0.05, 0) is 49.8 Å². The minimum atomic E-state index is -0.0307. The van der Waals surface area contributed by atoms with Crippen LogP contribution in [0.1, 0.15) is 49.4 Å². The van der Waals surface area contributed by atoms with Gasteiger partial charge in [0.05, 0.1) is 5.56 Å². The van der Waals surface area contributed by atoms with Crippen LogP contribution in [-0.2, 0) is 0 Å². The number of hydrogen-bond donors (Lipinski definition) is 2. The van der Waals surface area contributed by atoms with Crippen LogP contribution in [0.25, 0.3) is 0 Å². The van der Waals surface area contributed by atoms with Gasteiger partial charge < -0.3 is 10.6 Å². The van der Waals surface area contributed by atoms with Crippen LogP contribution in [0.15, 0.2) is 18.2 Å². The molecule has 3 nitrogen and oxygen atoms in total. The second kappa shape index (κ2) is 6.98. The number of hydrogen-bond acceptors (Lipinski definition) is 2. The molecule has 0 spiro atoms. The normalized spacial score (nSPS) is 22.4. The quantitative estimate of drug-likeness (QED) is 0.878. The molecule has 1 aliphatic carbocycles. The first kappa shape index (κ1) is 15.2. The molecule has 4 heteroatoms. The number of halogens is 1. The second-order valence-corrected chi connectivity index (χ2v) is 5.98. The van der Waals surface area contributed by atoms with Gasteiger partial charge >= 0.3 is 0 Å². The van der Waals surface area contributed by atoms with Crippen molar-refractivity contribution in [3.63, 3.8) is 0 Å². The van der Waals surface area contributed by atoms with Gasteiger partial charge in [0.25, 0.3) is 5.91 Å². The molecule has 1 amide bonds. The van der Waals surface area contributed by atoms with Gasteiger partial charge in [0, 0.05) is 23.8 Å². The van der Waals surface area contributed by atoms with Crippen LogP contribution in [0.2, 0.25) is 5.02 Å². The molecule has 0 unspecified atom stereocenters. The molecule has 2 rings (SSSR count). The Balaban J connectivity index is 2.00. The van der Waals surface area contributed by atoms with Gasteiger partial charge in [0.2, 0.25) is 0 Å². The van der Waals surface area contributed by atoms with Crippen LogP contribution in [-0.4, -0.2) is 19.0 Å². The summed E-state index contributed by atoms with van der Waals surface area (Å²) in [5.74, 6) is 0.805. The zero-order chi connectivity index (χ0) is 14.5. The average Bonchev–Trinajstić information content (AvgIpc) is 2.48. The van der Waals surface area contributed by atoms with Crippen LogP contribution >= 0.6 is 11.6 Å². The van der Waals surface area contributed by atoms with E-state index in [1.807, 2.05) is 13.1 Å². The molecule has 1 saturated carbocycles. The Morgan fingerprint density at radius 3 is 2.60 bits per heavy atom. The van der Waals surface area contributed by atoms with Gasteiger partial charge in [0.15, 0.2) is 0 Å². The summed E-state index contributed by atoms with van der Waals surface area (Å²) in [6.45, 7) is 2.24. The summed E-state index contributed by atoms with van der Waals surface area (Å²) in [7, 11) is 1.81. The summed E-state index contributed by atoms with van der Waals surface area (Å²) >= 11 is 5.99. The third-order valence-electron chi connectivity index (χ3n) is 4.25. The Bertz CT molecular complexity index is 468. The van der Waals surface area contributed by atoms with Crippen molar-refractivity contribution in [2.75, 3.05) is 12.4 Å². The van der Waals surface area contributed by atoms with Crippen LogP contribution in [0.4, 0.5) is 5.69 Å². The van der Waals surface area contributed by atoms with E-state index in [1.165, 1.54) is 19.3 Å². The average molecular weight is 295 g/mol. The highest BCUT2D eigenvalue weighted by Gasteiger charge is 2.22. The monoisotopic (exact) mass is 294 g/mol. The summed E-state index contributed by atoms with van der Waals surface area (Å²) in [6.07, 6.45) is 5.85. The van der Waals surface area contributed by atoms with Crippen LogP contribution in [0.5, 0.6) is 0 Å². The maximum absolute atomic E-state index is 12.4. The highest BCUT2D eigenvalue weighted by molar-refractivity contribution is 6.31. The highest BCUT2D eigenvalue weighted by Crippen LogP contribution is 2.27. The minimum absolute atomic E-state index is 0.0307. The van der Waals surface area contributed by atoms with E-state index in [-0.39, 0.29) is 5.91 Å². The highest BCUT2D eigenvalue weighted by atomic mass is 35.5. The van der Waals surface area contributed by atoms with Gasteiger partial charge in [0.1, 0.15) is 0 Å². The maximum Gasteiger partial charge on any atom is 0.253 e. The number of anilines is 1. The third kappa shape index (κ3) is 3.66. The standard InChI is InChI=1S/C16H23ClN2O/c1-3-11-4-7-13(8-5-11)19-16(20)14-10-12(17)6-9-15(14)18-2/h6,9-11,13,18H,3-5,7-8H2,1-2H3,(H,19,20). The van der Waals surface area contributed by atoms with Crippen molar-refractivity contribution < 1.29 is 4.79 Å². The van der Waals surface area contributed by atoms with Gasteiger partial charge in [-0.1, -0.05) is 24.9 Å². The molecule has 0 aromatic heterocycles. The maximum atomic E-state index is 12.4. The lowest BCUT2D eigenvalue weighted by Crippen LogP contribution is -2.37. The zero-order valence-corrected chi connectivity index (χ0v) is 13.0. The SMILES string of the molecule is CCC1CCC(NC(=O)c2cc(Cl)ccc2NC)CC1. The predicted molar refractivity (Wildman–Crippen MR) is 84.5 cm³/mol. The molecule has 1 aliphatic rings. The molecule has 0 radical (unpaired) electrons.